The van der Waals surface area contributed by atoms with Crippen molar-refractivity contribution in [3.63, 3.8) is 0 Å². The summed E-state index contributed by atoms with van der Waals surface area (Å²) in [7, 11) is 0. The van der Waals surface area contributed by atoms with Crippen LogP contribution in [0.3, 0.4) is 0 Å². The van der Waals surface area contributed by atoms with Crippen molar-refractivity contribution in [1.82, 2.24) is 14.9 Å². The van der Waals surface area contributed by atoms with E-state index in [1.54, 1.807) is 6.20 Å². The summed E-state index contributed by atoms with van der Waals surface area (Å²) in [4.78, 5) is 25.3. The average molecular weight is 511 g/mol. The number of anilines is 1. The number of halogens is 3. The summed E-state index contributed by atoms with van der Waals surface area (Å²) >= 11 is 5.92. The molecule has 33 heavy (non-hydrogen) atoms. The molecule has 0 spiro atoms. The van der Waals surface area contributed by atoms with Crippen LogP contribution in [0.2, 0.25) is 5.02 Å². The van der Waals surface area contributed by atoms with Crippen LogP contribution in [-0.4, -0.2) is 53.0 Å². The number of rotatable bonds is 6. The van der Waals surface area contributed by atoms with Gasteiger partial charge < -0.3 is 20.3 Å². The number of nitrogens with zero attached hydrogens (tertiary/aromatic N) is 4. The largest absolute Gasteiger partial charge is 0.452 e. The lowest BCUT2D eigenvalue weighted by molar-refractivity contribution is -0.132. The normalized spacial score (nSPS) is 14.0. The molecule has 1 amide bonds. The molecule has 2 heterocycles. The summed E-state index contributed by atoms with van der Waals surface area (Å²) in [5.41, 5.74) is 7.19. The van der Waals surface area contributed by atoms with Gasteiger partial charge in [-0.2, -0.15) is 0 Å². The number of hydrogen-bond acceptors (Lipinski definition) is 6. The van der Waals surface area contributed by atoms with Gasteiger partial charge >= 0.3 is 0 Å². The number of benzene rings is 2. The molecule has 0 saturated carbocycles. The lowest BCUT2D eigenvalue weighted by Gasteiger charge is -2.36. The number of carbonyl (C=O) groups is 1. The maximum Gasteiger partial charge on any atom is 0.239 e. The molecule has 1 atom stereocenters. The molecule has 2 N–H and O–H groups in total. The lowest BCUT2D eigenvalue weighted by Crippen LogP contribution is -2.53. The van der Waals surface area contributed by atoms with Crippen LogP contribution in [0.25, 0.3) is 0 Å². The Morgan fingerprint density at radius 2 is 1.70 bits per heavy atom. The van der Waals surface area contributed by atoms with Crippen LogP contribution in [-0.2, 0) is 11.2 Å². The third-order valence-corrected chi connectivity index (χ3v) is 5.46. The van der Waals surface area contributed by atoms with E-state index in [-0.39, 0.29) is 30.7 Å². The Kier molecular flexibility index (Phi) is 10.2. The lowest BCUT2D eigenvalue weighted by atomic mass is 10.1. The van der Waals surface area contributed by atoms with E-state index in [1.807, 2.05) is 59.5 Å². The molecular formula is C23H26Cl3N5O2. The fourth-order valence-corrected chi connectivity index (χ4v) is 3.70. The minimum Gasteiger partial charge on any atom is -0.452 e. The number of ether oxygens (including phenoxy) is 1. The van der Waals surface area contributed by atoms with Crippen molar-refractivity contribution in [2.24, 2.45) is 5.73 Å². The maximum absolute atomic E-state index is 12.8. The van der Waals surface area contributed by atoms with Gasteiger partial charge in [-0.3, -0.25) is 4.79 Å². The van der Waals surface area contributed by atoms with Gasteiger partial charge in [-0.25, -0.2) is 9.97 Å². The number of aromatic nitrogens is 2. The van der Waals surface area contributed by atoms with Gasteiger partial charge in [0.2, 0.25) is 5.91 Å². The molecule has 1 saturated heterocycles. The zero-order chi connectivity index (χ0) is 21.6. The molecule has 176 valence electrons. The molecule has 7 nitrogen and oxygen atoms in total. The molecule has 1 aromatic heterocycles. The van der Waals surface area contributed by atoms with E-state index in [1.165, 1.54) is 6.33 Å². The van der Waals surface area contributed by atoms with Crippen LogP contribution in [0, 0.1) is 0 Å². The number of para-hydroxylation sites is 1. The number of nitrogens with two attached hydrogens (primary N) is 1. The molecule has 1 aliphatic heterocycles. The first-order chi connectivity index (χ1) is 15.1. The Labute approximate surface area is 210 Å². The zero-order valence-corrected chi connectivity index (χ0v) is 20.2. The van der Waals surface area contributed by atoms with Gasteiger partial charge in [0.25, 0.3) is 0 Å². The summed E-state index contributed by atoms with van der Waals surface area (Å²) in [6, 6.07) is 16.4. The second-order valence-electron chi connectivity index (χ2n) is 7.38. The molecule has 1 fully saturated rings. The van der Waals surface area contributed by atoms with E-state index in [0.717, 1.165) is 17.1 Å². The van der Waals surface area contributed by atoms with Crippen molar-refractivity contribution in [2.75, 3.05) is 31.1 Å². The first kappa shape index (κ1) is 26.7. The summed E-state index contributed by atoms with van der Waals surface area (Å²) in [6.07, 6.45) is 3.65. The number of carbonyl (C=O) groups excluding carboxylic acids is 1. The highest BCUT2D eigenvalue weighted by Crippen LogP contribution is 2.30. The number of amides is 1. The molecule has 0 aliphatic carbocycles. The smallest absolute Gasteiger partial charge is 0.239 e. The molecule has 10 heteroatoms. The third kappa shape index (κ3) is 6.95. The molecule has 0 unspecified atom stereocenters. The van der Waals surface area contributed by atoms with Crippen molar-refractivity contribution in [2.45, 2.75) is 12.5 Å². The highest BCUT2D eigenvalue weighted by molar-refractivity contribution is 6.30. The predicted molar refractivity (Wildman–Crippen MR) is 135 cm³/mol. The second-order valence-corrected chi connectivity index (χ2v) is 7.81. The molecule has 0 bridgehead atoms. The van der Waals surface area contributed by atoms with Gasteiger partial charge in [0.05, 0.1) is 12.2 Å². The summed E-state index contributed by atoms with van der Waals surface area (Å²) < 4.78 is 5.97. The molecule has 3 aromatic rings. The minimum atomic E-state index is -0.580. The average Bonchev–Trinajstić information content (AvgIpc) is 2.81. The van der Waals surface area contributed by atoms with Crippen molar-refractivity contribution >= 4 is 48.1 Å². The molecule has 1 aliphatic rings. The Bertz CT molecular complexity index is 1020. The van der Waals surface area contributed by atoms with Gasteiger partial charge in [-0.1, -0.05) is 41.9 Å². The monoisotopic (exact) mass is 509 g/mol. The molecule has 0 radical (unpaired) electrons. The zero-order valence-electron chi connectivity index (χ0n) is 17.8. The van der Waals surface area contributed by atoms with Crippen LogP contribution >= 0.6 is 36.4 Å². The molecule has 4 rings (SSSR count). The minimum absolute atomic E-state index is 0. The highest BCUT2D eigenvalue weighted by atomic mass is 35.5. The number of hydrogen-bond donors (Lipinski definition) is 1. The van der Waals surface area contributed by atoms with E-state index in [2.05, 4.69) is 14.9 Å². The first-order valence-corrected chi connectivity index (χ1v) is 10.5. The van der Waals surface area contributed by atoms with E-state index in [9.17, 15) is 4.79 Å². The summed E-state index contributed by atoms with van der Waals surface area (Å²) in [5, 5.41) is 0.667. The van der Waals surface area contributed by atoms with E-state index < -0.39 is 6.04 Å². The van der Waals surface area contributed by atoms with Crippen LogP contribution in [0.5, 0.6) is 11.5 Å². The van der Waals surface area contributed by atoms with E-state index in [4.69, 9.17) is 22.1 Å². The molecule has 2 aromatic carbocycles. The SMILES string of the molecule is Cl.Cl.N[C@H](Cc1ccc(Cl)cc1)C(=O)N1CCN(c2ncncc2Oc2ccccc2)CC1. The van der Waals surface area contributed by atoms with Crippen LogP contribution < -0.4 is 15.4 Å². The van der Waals surface area contributed by atoms with Gasteiger partial charge in [0.15, 0.2) is 11.6 Å². The molecular weight excluding hydrogens is 485 g/mol. The Hall–Kier alpha value is -2.58. The van der Waals surface area contributed by atoms with Crippen LogP contribution in [0.4, 0.5) is 5.82 Å². The van der Waals surface area contributed by atoms with Gasteiger partial charge in [0, 0.05) is 31.2 Å². The van der Waals surface area contributed by atoms with Crippen molar-refractivity contribution < 1.29 is 9.53 Å². The fourth-order valence-electron chi connectivity index (χ4n) is 3.57. The van der Waals surface area contributed by atoms with Crippen molar-refractivity contribution in [3.05, 3.63) is 77.7 Å². The fraction of sp³-hybridized carbons (Fsp3) is 0.261. The predicted octanol–water partition coefficient (Wildman–Crippen LogP) is 3.98. The maximum atomic E-state index is 12.8. The number of piperazine rings is 1. The Morgan fingerprint density at radius 1 is 1.03 bits per heavy atom. The van der Waals surface area contributed by atoms with E-state index in [0.29, 0.717) is 43.4 Å². The Morgan fingerprint density at radius 3 is 2.36 bits per heavy atom. The first-order valence-electron chi connectivity index (χ1n) is 10.2. The Balaban J connectivity index is 0.00000193. The summed E-state index contributed by atoms with van der Waals surface area (Å²) in [6.45, 7) is 2.42. The van der Waals surface area contributed by atoms with Gasteiger partial charge in [-0.15, -0.1) is 24.8 Å². The van der Waals surface area contributed by atoms with Crippen LogP contribution in [0.1, 0.15) is 5.56 Å². The third-order valence-electron chi connectivity index (χ3n) is 5.21. The van der Waals surface area contributed by atoms with Gasteiger partial charge in [-0.05, 0) is 36.2 Å². The van der Waals surface area contributed by atoms with Crippen molar-refractivity contribution in [1.29, 1.82) is 0 Å². The quantitative estimate of drug-likeness (QED) is 0.540. The second kappa shape index (κ2) is 12.6. The summed E-state index contributed by atoms with van der Waals surface area (Å²) in [5.74, 6) is 1.99. The van der Waals surface area contributed by atoms with E-state index >= 15 is 0 Å². The van der Waals surface area contributed by atoms with Crippen molar-refractivity contribution in [3.8, 4) is 11.5 Å². The van der Waals surface area contributed by atoms with Gasteiger partial charge in [0.1, 0.15) is 12.1 Å². The van der Waals surface area contributed by atoms with Crippen LogP contribution in [0.15, 0.2) is 67.1 Å². The topological polar surface area (TPSA) is 84.6 Å². The highest BCUT2D eigenvalue weighted by Gasteiger charge is 2.27. The standard InChI is InChI=1S/C23H24ClN5O2.2ClH/c24-18-8-6-17(7-9-18)14-20(25)23(30)29-12-10-28(11-13-29)22-21(15-26-16-27-22)31-19-4-2-1-3-5-19;;/h1-9,15-16,20H,10-14,25H2;2*1H/t20-;;/m1../s1.